The minimum Gasteiger partial charge on any atom is -0.488 e. The summed E-state index contributed by atoms with van der Waals surface area (Å²) >= 11 is 0. The second-order valence-corrected chi connectivity index (χ2v) is 9.43. The molecule has 2 aliphatic rings. The van der Waals surface area contributed by atoms with Gasteiger partial charge in [0.15, 0.2) is 0 Å². The number of hydrogen-bond donors (Lipinski definition) is 1. The number of fused-ring (bicyclic) bond motifs is 2. The van der Waals surface area contributed by atoms with Crippen molar-refractivity contribution in [1.82, 2.24) is 4.90 Å². The highest BCUT2D eigenvalue weighted by Gasteiger charge is 2.46. The predicted molar refractivity (Wildman–Crippen MR) is 128 cm³/mol. The van der Waals surface area contributed by atoms with E-state index in [1.165, 1.54) is 12.0 Å². The summed E-state index contributed by atoms with van der Waals surface area (Å²) in [6, 6.07) is 29.1. The van der Waals surface area contributed by atoms with Crippen molar-refractivity contribution in [3.8, 4) is 11.8 Å². The van der Waals surface area contributed by atoms with E-state index in [1.54, 1.807) is 6.07 Å². The van der Waals surface area contributed by atoms with Gasteiger partial charge in [0.05, 0.1) is 11.2 Å². The Kier molecular flexibility index (Phi) is 6.17. The molecule has 4 heteroatoms. The van der Waals surface area contributed by atoms with Crippen LogP contribution in [0.2, 0.25) is 0 Å². The third kappa shape index (κ3) is 4.66. The van der Waals surface area contributed by atoms with Gasteiger partial charge in [-0.1, -0.05) is 73.2 Å². The number of rotatable bonds is 6. The summed E-state index contributed by atoms with van der Waals surface area (Å²) in [5, 5.41) is 21.4. The third-order valence-corrected chi connectivity index (χ3v) is 7.24. The number of benzene rings is 3. The molecule has 0 radical (unpaired) electrons. The van der Waals surface area contributed by atoms with Crippen molar-refractivity contribution in [3.63, 3.8) is 0 Å². The second kappa shape index (κ2) is 9.39. The molecule has 2 bridgehead atoms. The molecule has 4 nitrogen and oxygen atoms in total. The quantitative estimate of drug-likeness (QED) is 0.549. The molecule has 0 amide bonds. The Hall–Kier alpha value is -3.13. The van der Waals surface area contributed by atoms with Crippen LogP contribution in [-0.4, -0.2) is 22.1 Å². The van der Waals surface area contributed by atoms with Gasteiger partial charge in [-0.25, -0.2) is 0 Å². The fraction of sp³-hybridized carbons (Fsp3) is 0.345. The molecule has 2 fully saturated rings. The average molecular weight is 439 g/mol. The van der Waals surface area contributed by atoms with Crippen molar-refractivity contribution in [2.45, 2.75) is 62.9 Å². The smallest absolute Gasteiger partial charge is 0.137 e. The lowest BCUT2D eigenvalue weighted by atomic mass is 9.72. The summed E-state index contributed by atoms with van der Waals surface area (Å²) in [5.41, 5.74) is 2.84. The highest BCUT2D eigenvalue weighted by atomic mass is 16.5. The predicted octanol–water partition coefficient (Wildman–Crippen LogP) is 5.54. The van der Waals surface area contributed by atoms with Crippen molar-refractivity contribution in [1.29, 1.82) is 5.26 Å². The molecule has 5 rings (SSSR count). The lowest BCUT2D eigenvalue weighted by Crippen LogP contribution is -2.56. The second-order valence-electron chi connectivity index (χ2n) is 9.43. The third-order valence-electron chi connectivity index (χ3n) is 7.24. The summed E-state index contributed by atoms with van der Waals surface area (Å²) in [6.07, 6.45) is 4.86. The van der Waals surface area contributed by atoms with Crippen molar-refractivity contribution in [2.24, 2.45) is 0 Å². The molecule has 2 atom stereocenters. The fourth-order valence-corrected chi connectivity index (χ4v) is 5.57. The van der Waals surface area contributed by atoms with E-state index in [0.717, 1.165) is 30.5 Å². The van der Waals surface area contributed by atoms with E-state index in [0.29, 0.717) is 42.8 Å². The van der Waals surface area contributed by atoms with E-state index in [1.807, 2.05) is 42.5 Å². The molecule has 3 aromatic rings. The molecule has 1 N–H and O–H groups in total. The molecule has 0 aliphatic carbocycles. The van der Waals surface area contributed by atoms with Gasteiger partial charge in [-0.2, -0.15) is 5.26 Å². The number of piperidine rings is 2. The summed E-state index contributed by atoms with van der Waals surface area (Å²) in [4.78, 5) is 2.60. The first-order valence-corrected chi connectivity index (χ1v) is 11.9. The van der Waals surface area contributed by atoms with Gasteiger partial charge >= 0.3 is 0 Å². The van der Waals surface area contributed by atoms with Gasteiger partial charge in [0.2, 0.25) is 0 Å². The maximum absolute atomic E-state index is 11.8. The van der Waals surface area contributed by atoms with Crippen molar-refractivity contribution in [3.05, 3.63) is 101 Å². The van der Waals surface area contributed by atoms with E-state index in [4.69, 9.17) is 4.74 Å². The average Bonchev–Trinajstić information content (AvgIpc) is 2.84. The standard InChI is InChI=1S/C29H30N2O2/c30-19-24-14-15-25(16-28(24)33-21-23-10-5-2-6-11-23)29(32)17-26-12-7-13-27(18-29)31(26)20-22-8-3-1-4-9-22/h1-6,8-11,14-16,26-27,32H,7,12-13,17-18,20-21H2. The SMILES string of the molecule is N#Cc1ccc(C2(O)CC3CCCC(C2)N3Cc2ccccc2)cc1OCc1ccccc1. The van der Waals surface area contributed by atoms with Gasteiger partial charge in [-0.15, -0.1) is 0 Å². The lowest BCUT2D eigenvalue weighted by molar-refractivity contribution is -0.1000. The Labute approximate surface area is 196 Å². The van der Waals surface area contributed by atoms with Crippen LogP contribution in [0.3, 0.4) is 0 Å². The van der Waals surface area contributed by atoms with Crippen molar-refractivity contribution >= 4 is 0 Å². The Morgan fingerprint density at radius 1 is 0.909 bits per heavy atom. The number of hydrogen-bond acceptors (Lipinski definition) is 4. The zero-order valence-electron chi connectivity index (χ0n) is 18.9. The van der Waals surface area contributed by atoms with Gasteiger partial charge in [-0.05, 0) is 54.5 Å². The van der Waals surface area contributed by atoms with Gasteiger partial charge < -0.3 is 9.84 Å². The van der Waals surface area contributed by atoms with Crippen LogP contribution in [0.4, 0.5) is 0 Å². The lowest BCUT2D eigenvalue weighted by Gasteiger charge is -2.52. The van der Waals surface area contributed by atoms with Crippen LogP contribution >= 0.6 is 0 Å². The van der Waals surface area contributed by atoms with Crippen molar-refractivity contribution in [2.75, 3.05) is 0 Å². The summed E-state index contributed by atoms with van der Waals surface area (Å²) < 4.78 is 6.04. The number of nitriles is 1. The topological polar surface area (TPSA) is 56.5 Å². The normalized spacial score (nSPS) is 24.7. The molecule has 2 saturated heterocycles. The summed E-state index contributed by atoms with van der Waals surface area (Å²) in [5.74, 6) is 0.546. The van der Waals surface area contributed by atoms with Gasteiger partial charge in [-0.3, -0.25) is 4.90 Å². The first kappa shape index (κ1) is 21.7. The van der Waals surface area contributed by atoms with E-state index in [2.05, 4.69) is 41.3 Å². The minimum atomic E-state index is -0.901. The molecule has 0 spiro atoms. The largest absolute Gasteiger partial charge is 0.488 e. The minimum absolute atomic E-state index is 0.354. The zero-order valence-corrected chi connectivity index (χ0v) is 18.9. The Morgan fingerprint density at radius 3 is 2.18 bits per heavy atom. The van der Waals surface area contributed by atoms with Crippen LogP contribution in [0.1, 0.15) is 54.4 Å². The van der Waals surface area contributed by atoms with Gasteiger partial charge in [0.1, 0.15) is 18.4 Å². The van der Waals surface area contributed by atoms with E-state index < -0.39 is 5.60 Å². The Balaban J connectivity index is 1.37. The molecule has 168 valence electrons. The van der Waals surface area contributed by atoms with Gasteiger partial charge in [0.25, 0.3) is 0 Å². The Morgan fingerprint density at radius 2 is 1.55 bits per heavy atom. The first-order chi connectivity index (χ1) is 16.1. The van der Waals surface area contributed by atoms with Crippen LogP contribution in [0.5, 0.6) is 5.75 Å². The number of ether oxygens (including phenoxy) is 1. The maximum Gasteiger partial charge on any atom is 0.137 e. The summed E-state index contributed by atoms with van der Waals surface area (Å²) in [6.45, 7) is 1.33. The van der Waals surface area contributed by atoms with Crippen LogP contribution in [-0.2, 0) is 18.8 Å². The summed E-state index contributed by atoms with van der Waals surface area (Å²) in [7, 11) is 0. The molecule has 2 heterocycles. The fourth-order valence-electron chi connectivity index (χ4n) is 5.57. The van der Waals surface area contributed by atoms with Crippen LogP contribution in [0, 0.1) is 11.3 Å². The molecular weight excluding hydrogens is 408 g/mol. The number of aliphatic hydroxyl groups is 1. The first-order valence-electron chi connectivity index (χ1n) is 11.9. The molecular formula is C29H30N2O2. The monoisotopic (exact) mass is 438 g/mol. The maximum atomic E-state index is 11.8. The zero-order chi connectivity index (χ0) is 22.7. The molecule has 0 saturated carbocycles. The van der Waals surface area contributed by atoms with Gasteiger partial charge in [0, 0.05) is 18.6 Å². The molecule has 2 aliphatic heterocycles. The van der Waals surface area contributed by atoms with Crippen LogP contribution in [0.25, 0.3) is 0 Å². The van der Waals surface area contributed by atoms with Crippen LogP contribution < -0.4 is 4.74 Å². The highest BCUT2D eigenvalue weighted by Crippen LogP contribution is 2.45. The van der Waals surface area contributed by atoms with E-state index in [9.17, 15) is 10.4 Å². The van der Waals surface area contributed by atoms with Crippen molar-refractivity contribution < 1.29 is 9.84 Å². The van der Waals surface area contributed by atoms with E-state index >= 15 is 0 Å². The van der Waals surface area contributed by atoms with Crippen LogP contribution in [0.15, 0.2) is 78.9 Å². The molecule has 33 heavy (non-hydrogen) atoms. The molecule has 0 aromatic heterocycles. The number of nitrogens with zero attached hydrogens (tertiary/aromatic N) is 2. The highest BCUT2D eigenvalue weighted by molar-refractivity contribution is 5.47. The van der Waals surface area contributed by atoms with E-state index in [-0.39, 0.29) is 0 Å². The Bertz CT molecular complexity index is 1110. The molecule has 2 unspecified atom stereocenters. The molecule has 3 aromatic carbocycles.